The average Bonchev–Trinajstić information content (AvgIpc) is 1.99. The summed E-state index contributed by atoms with van der Waals surface area (Å²) in [5, 5.41) is 0. The topological polar surface area (TPSA) is 0 Å². The second kappa shape index (κ2) is 10.5. The average molecular weight is 171 g/mol. The lowest BCUT2D eigenvalue weighted by molar-refractivity contribution is 0.775. The number of rotatable bonds is 6. The molecule has 0 aliphatic carbocycles. The van der Waals surface area contributed by atoms with E-state index in [9.17, 15) is 0 Å². The molecular weight excluding hydrogens is 150 g/mol. The molecule has 0 heterocycles. The summed E-state index contributed by atoms with van der Waals surface area (Å²) in [6, 6.07) is 0. The normalized spacial score (nSPS) is 9.82. The SMILES string of the molecule is CCCCCP(CC)CC.[B]. The van der Waals surface area contributed by atoms with Crippen molar-refractivity contribution in [3.05, 3.63) is 0 Å². The summed E-state index contributed by atoms with van der Waals surface area (Å²) in [4.78, 5) is 0. The van der Waals surface area contributed by atoms with E-state index in [0.29, 0.717) is 7.92 Å². The van der Waals surface area contributed by atoms with Crippen LogP contribution >= 0.6 is 7.92 Å². The second-order valence-electron chi connectivity index (χ2n) is 2.73. The molecule has 0 bridgehead atoms. The van der Waals surface area contributed by atoms with Gasteiger partial charge in [0.2, 0.25) is 0 Å². The minimum atomic E-state index is 0. The van der Waals surface area contributed by atoms with Crippen LogP contribution in [-0.2, 0) is 0 Å². The Morgan fingerprint density at radius 2 is 1.45 bits per heavy atom. The molecule has 0 aliphatic heterocycles. The van der Waals surface area contributed by atoms with Crippen LogP contribution in [0.4, 0.5) is 0 Å². The Hall–Kier alpha value is 0.495. The first-order valence-corrected chi connectivity index (χ1v) is 6.47. The van der Waals surface area contributed by atoms with Crippen LogP contribution in [0.25, 0.3) is 0 Å². The summed E-state index contributed by atoms with van der Waals surface area (Å²) in [6.45, 7) is 6.95. The Bertz CT molecular complexity index is 62.6. The van der Waals surface area contributed by atoms with Gasteiger partial charge >= 0.3 is 0 Å². The molecule has 3 radical (unpaired) electrons. The Balaban J connectivity index is 0. The summed E-state index contributed by atoms with van der Waals surface area (Å²) in [5.41, 5.74) is 0. The second-order valence-corrected chi connectivity index (χ2v) is 5.79. The van der Waals surface area contributed by atoms with Crippen LogP contribution in [-0.4, -0.2) is 26.9 Å². The van der Waals surface area contributed by atoms with Gasteiger partial charge in [0, 0.05) is 8.41 Å². The van der Waals surface area contributed by atoms with Crippen LogP contribution in [0.3, 0.4) is 0 Å². The largest absolute Gasteiger partial charge is 0.107 e. The van der Waals surface area contributed by atoms with E-state index in [1.807, 2.05) is 0 Å². The minimum absolute atomic E-state index is 0. The van der Waals surface area contributed by atoms with Crippen LogP contribution in [0.1, 0.15) is 40.0 Å². The van der Waals surface area contributed by atoms with Gasteiger partial charge in [-0.2, -0.15) is 0 Å². The van der Waals surface area contributed by atoms with Crippen LogP contribution in [0.2, 0.25) is 0 Å². The zero-order chi connectivity index (χ0) is 7.82. The van der Waals surface area contributed by atoms with Gasteiger partial charge in [-0.3, -0.25) is 0 Å². The van der Waals surface area contributed by atoms with E-state index in [1.165, 1.54) is 37.7 Å². The zero-order valence-corrected chi connectivity index (χ0v) is 9.16. The smallest absolute Gasteiger partial charge is 0 e. The molecule has 0 atom stereocenters. The van der Waals surface area contributed by atoms with Gasteiger partial charge in [0.05, 0.1) is 0 Å². The van der Waals surface area contributed by atoms with Crippen molar-refractivity contribution in [3.63, 3.8) is 0 Å². The summed E-state index contributed by atoms with van der Waals surface area (Å²) in [7, 11) is 0.432. The fourth-order valence-corrected chi connectivity index (χ4v) is 2.88. The van der Waals surface area contributed by atoms with Gasteiger partial charge in [-0.1, -0.05) is 33.6 Å². The van der Waals surface area contributed by atoms with E-state index >= 15 is 0 Å². The molecule has 65 valence electrons. The molecule has 0 aromatic carbocycles. The number of unbranched alkanes of at least 4 members (excludes halogenated alkanes) is 2. The van der Waals surface area contributed by atoms with Crippen LogP contribution < -0.4 is 0 Å². The van der Waals surface area contributed by atoms with E-state index in [2.05, 4.69) is 20.8 Å². The first-order valence-electron chi connectivity index (χ1n) is 4.57. The van der Waals surface area contributed by atoms with Crippen molar-refractivity contribution in [3.8, 4) is 0 Å². The monoisotopic (exact) mass is 171 g/mol. The van der Waals surface area contributed by atoms with E-state index in [-0.39, 0.29) is 8.41 Å². The van der Waals surface area contributed by atoms with E-state index < -0.39 is 0 Å². The van der Waals surface area contributed by atoms with E-state index in [1.54, 1.807) is 0 Å². The summed E-state index contributed by atoms with van der Waals surface area (Å²) in [5.74, 6) is 0. The highest BCUT2D eigenvalue weighted by molar-refractivity contribution is 7.57. The molecular formula is C9H21BP. The van der Waals surface area contributed by atoms with Gasteiger partial charge in [0.25, 0.3) is 0 Å². The summed E-state index contributed by atoms with van der Waals surface area (Å²) >= 11 is 0. The fraction of sp³-hybridized carbons (Fsp3) is 1.00. The molecule has 11 heavy (non-hydrogen) atoms. The molecule has 0 N–H and O–H groups in total. The van der Waals surface area contributed by atoms with Gasteiger partial charge in [0.15, 0.2) is 0 Å². The van der Waals surface area contributed by atoms with E-state index in [0.717, 1.165) is 0 Å². The summed E-state index contributed by atoms with van der Waals surface area (Å²) in [6.07, 6.45) is 8.70. The quantitative estimate of drug-likeness (QED) is 0.326. The molecule has 0 rings (SSSR count). The molecule has 0 aromatic rings. The third-order valence-electron chi connectivity index (χ3n) is 1.97. The summed E-state index contributed by atoms with van der Waals surface area (Å²) < 4.78 is 0. The number of hydrogen-bond acceptors (Lipinski definition) is 0. The maximum Gasteiger partial charge on any atom is 0 e. The molecule has 0 saturated heterocycles. The van der Waals surface area contributed by atoms with Crippen LogP contribution in [0.15, 0.2) is 0 Å². The molecule has 0 amide bonds. The highest BCUT2D eigenvalue weighted by atomic mass is 31.1. The molecule has 0 spiro atoms. The van der Waals surface area contributed by atoms with Crippen LogP contribution in [0.5, 0.6) is 0 Å². The third-order valence-corrected chi connectivity index (χ3v) is 4.71. The minimum Gasteiger partial charge on any atom is -0.107 e. The number of hydrogen-bond donors (Lipinski definition) is 0. The van der Waals surface area contributed by atoms with Gasteiger partial charge in [-0.15, -0.1) is 7.92 Å². The van der Waals surface area contributed by atoms with Crippen molar-refractivity contribution >= 4 is 16.3 Å². The first-order chi connectivity index (χ1) is 4.85. The van der Waals surface area contributed by atoms with Crippen molar-refractivity contribution in [1.29, 1.82) is 0 Å². The molecule has 0 aliphatic rings. The van der Waals surface area contributed by atoms with Crippen molar-refractivity contribution in [2.24, 2.45) is 0 Å². The van der Waals surface area contributed by atoms with E-state index in [4.69, 9.17) is 0 Å². The standard InChI is InChI=1S/C9H21P.B/c1-4-7-8-9-10(5-2)6-3;/h4-9H2,1-3H3;. The van der Waals surface area contributed by atoms with Crippen molar-refractivity contribution in [2.75, 3.05) is 18.5 Å². The van der Waals surface area contributed by atoms with Gasteiger partial charge in [0.1, 0.15) is 0 Å². The van der Waals surface area contributed by atoms with Gasteiger partial charge < -0.3 is 0 Å². The van der Waals surface area contributed by atoms with Crippen LogP contribution in [0, 0.1) is 0 Å². The molecule has 0 nitrogen and oxygen atoms in total. The lowest BCUT2D eigenvalue weighted by Gasteiger charge is -2.11. The Morgan fingerprint density at radius 1 is 0.909 bits per heavy atom. The molecule has 2 heteroatoms. The van der Waals surface area contributed by atoms with Gasteiger partial charge in [-0.05, 0) is 24.9 Å². The molecule has 0 saturated carbocycles. The zero-order valence-electron chi connectivity index (χ0n) is 8.27. The first kappa shape index (κ1) is 14.0. The Kier molecular flexibility index (Phi) is 13.4. The highest BCUT2D eigenvalue weighted by Gasteiger charge is 1.99. The molecule has 0 unspecified atom stereocenters. The third kappa shape index (κ3) is 8.40. The lowest BCUT2D eigenvalue weighted by Crippen LogP contribution is -1.89. The molecule has 0 aromatic heterocycles. The maximum atomic E-state index is 2.33. The van der Waals surface area contributed by atoms with Crippen molar-refractivity contribution in [1.82, 2.24) is 0 Å². The maximum absolute atomic E-state index is 2.33. The Morgan fingerprint density at radius 3 is 1.82 bits per heavy atom. The van der Waals surface area contributed by atoms with Gasteiger partial charge in [-0.25, -0.2) is 0 Å². The lowest BCUT2D eigenvalue weighted by atomic mass is 10.3. The predicted octanol–water partition coefficient (Wildman–Crippen LogP) is 3.32. The fourth-order valence-electron chi connectivity index (χ4n) is 1.13. The van der Waals surface area contributed by atoms with Crippen molar-refractivity contribution < 1.29 is 0 Å². The Labute approximate surface area is 75.5 Å². The van der Waals surface area contributed by atoms with Crippen molar-refractivity contribution in [2.45, 2.75) is 40.0 Å². The predicted molar refractivity (Wildman–Crippen MR) is 58.1 cm³/mol. The highest BCUT2D eigenvalue weighted by Crippen LogP contribution is 2.34. The molecule has 0 fully saturated rings.